The summed E-state index contributed by atoms with van der Waals surface area (Å²) in [4.78, 5) is 13.9. The molecular formula is C19H26N4O2. The molecule has 134 valence electrons. The molecule has 6 heteroatoms. The van der Waals surface area contributed by atoms with Crippen molar-refractivity contribution in [2.45, 2.75) is 44.8 Å². The molecule has 2 amide bonds. The van der Waals surface area contributed by atoms with E-state index in [0.29, 0.717) is 0 Å². The van der Waals surface area contributed by atoms with Crippen LogP contribution in [0.15, 0.2) is 36.5 Å². The van der Waals surface area contributed by atoms with Gasteiger partial charge in [-0.25, -0.2) is 4.79 Å². The number of carbonyl (C=O) groups excluding carboxylic acids is 1. The minimum Gasteiger partial charge on any atom is -0.394 e. The molecule has 0 bridgehead atoms. The van der Waals surface area contributed by atoms with Crippen molar-refractivity contribution in [3.05, 3.63) is 53.3 Å². The number of likely N-dealkylation sites (N-methyl/N-ethyl adjacent to an activating group) is 1. The number of carbonyl (C=O) groups is 1. The van der Waals surface area contributed by atoms with Gasteiger partial charge in [0.25, 0.3) is 0 Å². The summed E-state index contributed by atoms with van der Waals surface area (Å²) in [5, 5.41) is 16.9. The maximum absolute atomic E-state index is 12.4. The van der Waals surface area contributed by atoms with Crippen molar-refractivity contribution in [3.63, 3.8) is 0 Å². The third-order valence-electron chi connectivity index (χ3n) is 4.98. The Morgan fingerprint density at radius 3 is 2.92 bits per heavy atom. The molecule has 25 heavy (non-hydrogen) atoms. The molecule has 3 rings (SSSR count). The molecule has 2 atom stereocenters. The molecule has 1 aromatic carbocycles. The highest BCUT2D eigenvalue weighted by Gasteiger charge is 2.27. The van der Waals surface area contributed by atoms with Crippen LogP contribution >= 0.6 is 0 Å². The van der Waals surface area contributed by atoms with Gasteiger partial charge in [-0.2, -0.15) is 5.10 Å². The van der Waals surface area contributed by atoms with Crippen molar-refractivity contribution >= 4 is 6.03 Å². The van der Waals surface area contributed by atoms with Gasteiger partial charge in [-0.1, -0.05) is 30.3 Å². The van der Waals surface area contributed by atoms with Crippen molar-refractivity contribution in [3.8, 4) is 0 Å². The molecule has 2 unspecified atom stereocenters. The lowest BCUT2D eigenvalue weighted by Gasteiger charge is -2.29. The van der Waals surface area contributed by atoms with Crippen molar-refractivity contribution in [1.29, 1.82) is 0 Å². The van der Waals surface area contributed by atoms with E-state index >= 15 is 0 Å². The van der Waals surface area contributed by atoms with E-state index in [0.717, 1.165) is 31.4 Å². The van der Waals surface area contributed by atoms with Crippen molar-refractivity contribution in [1.82, 2.24) is 20.0 Å². The van der Waals surface area contributed by atoms with Gasteiger partial charge in [0, 0.05) is 18.3 Å². The molecule has 1 aliphatic carbocycles. The molecule has 2 N–H and O–H groups in total. The smallest absolute Gasteiger partial charge is 0.317 e. The summed E-state index contributed by atoms with van der Waals surface area (Å²) in [7, 11) is 1.71. The molecule has 1 aromatic heterocycles. The van der Waals surface area contributed by atoms with Crippen molar-refractivity contribution in [2.24, 2.45) is 0 Å². The standard InChI is InChI=1S/C19H26N4O2/c1-14(13-24)22(2)19(25)21-17-9-6-10-18-16(17)11-20-23(18)12-15-7-4-3-5-8-15/h3-5,7-8,11,14,17,24H,6,9-10,12-13H2,1-2H3,(H,21,25). The molecule has 0 saturated heterocycles. The highest BCUT2D eigenvalue weighted by Crippen LogP contribution is 2.30. The first kappa shape index (κ1) is 17.5. The number of aliphatic hydroxyl groups is 1. The topological polar surface area (TPSA) is 70.4 Å². The zero-order chi connectivity index (χ0) is 17.8. The maximum atomic E-state index is 12.4. The first-order valence-corrected chi connectivity index (χ1v) is 8.83. The number of fused-ring (bicyclic) bond motifs is 1. The van der Waals surface area contributed by atoms with Crippen LogP contribution in [-0.4, -0.2) is 45.5 Å². The Balaban J connectivity index is 1.73. The second-order valence-corrected chi connectivity index (χ2v) is 6.73. The van der Waals surface area contributed by atoms with Gasteiger partial charge in [0.15, 0.2) is 0 Å². The quantitative estimate of drug-likeness (QED) is 0.876. The number of rotatable bonds is 5. The van der Waals surface area contributed by atoms with Crippen LogP contribution < -0.4 is 5.32 Å². The number of amides is 2. The lowest BCUT2D eigenvalue weighted by atomic mass is 9.93. The van der Waals surface area contributed by atoms with Gasteiger partial charge in [-0.15, -0.1) is 0 Å². The SMILES string of the molecule is CC(CO)N(C)C(=O)NC1CCCc2c1cnn2Cc1ccccc1. The molecule has 0 fully saturated rings. The van der Waals surface area contributed by atoms with Gasteiger partial charge in [-0.3, -0.25) is 4.68 Å². The normalized spacial score (nSPS) is 17.6. The maximum Gasteiger partial charge on any atom is 0.317 e. The van der Waals surface area contributed by atoms with Crippen LogP contribution in [0.4, 0.5) is 4.79 Å². The predicted molar refractivity (Wildman–Crippen MR) is 96.3 cm³/mol. The molecule has 0 aliphatic heterocycles. The first-order valence-electron chi connectivity index (χ1n) is 8.83. The Labute approximate surface area is 148 Å². The van der Waals surface area contributed by atoms with Crippen molar-refractivity contribution in [2.75, 3.05) is 13.7 Å². The van der Waals surface area contributed by atoms with Gasteiger partial charge in [0.05, 0.1) is 31.4 Å². The van der Waals surface area contributed by atoms with Crippen LogP contribution in [0.5, 0.6) is 0 Å². The number of aliphatic hydroxyl groups excluding tert-OH is 1. The van der Waals surface area contributed by atoms with Crippen LogP contribution in [0.2, 0.25) is 0 Å². The second-order valence-electron chi connectivity index (χ2n) is 6.73. The third kappa shape index (κ3) is 3.85. The summed E-state index contributed by atoms with van der Waals surface area (Å²) in [5.74, 6) is 0. The van der Waals surface area contributed by atoms with Gasteiger partial charge in [0.2, 0.25) is 0 Å². The van der Waals surface area contributed by atoms with Crippen molar-refractivity contribution < 1.29 is 9.90 Å². The molecule has 0 radical (unpaired) electrons. The summed E-state index contributed by atoms with van der Waals surface area (Å²) in [6.45, 7) is 2.52. The van der Waals surface area contributed by atoms with Gasteiger partial charge in [0.1, 0.15) is 0 Å². The summed E-state index contributed by atoms with van der Waals surface area (Å²) >= 11 is 0. The number of hydrogen-bond acceptors (Lipinski definition) is 3. The Kier molecular flexibility index (Phi) is 5.38. The Morgan fingerprint density at radius 2 is 2.20 bits per heavy atom. The van der Waals surface area contributed by atoms with Gasteiger partial charge < -0.3 is 15.3 Å². The number of benzene rings is 1. The van der Waals surface area contributed by atoms with E-state index in [1.54, 1.807) is 11.9 Å². The Morgan fingerprint density at radius 1 is 1.44 bits per heavy atom. The summed E-state index contributed by atoms with van der Waals surface area (Å²) in [5.41, 5.74) is 3.54. The number of urea groups is 1. The number of hydrogen-bond donors (Lipinski definition) is 2. The molecule has 6 nitrogen and oxygen atoms in total. The lowest BCUT2D eigenvalue weighted by molar-refractivity contribution is 0.154. The minimum absolute atomic E-state index is 0.0193. The summed E-state index contributed by atoms with van der Waals surface area (Å²) in [6, 6.07) is 9.90. The molecule has 0 saturated carbocycles. The van der Waals surface area contributed by atoms with E-state index in [2.05, 4.69) is 22.5 Å². The summed E-state index contributed by atoms with van der Waals surface area (Å²) < 4.78 is 2.04. The highest BCUT2D eigenvalue weighted by atomic mass is 16.3. The van der Waals surface area contributed by atoms with Crippen LogP contribution in [0, 0.1) is 0 Å². The average Bonchev–Trinajstić information content (AvgIpc) is 3.05. The predicted octanol–water partition coefficient (Wildman–Crippen LogP) is 2.33. The largest absolute Gasteiger partial charge is 0.394 e. The van der Waals surface area contributed by atoms with Gasteiger partial charge >= 0.3 is 6.03 Å². The fourth-order valence-corrected chi connectivity index (χ4v) is 3.23. The number of nitrogens with one attached hydrogen (secondary N) is 1. The number of aromatic nitrogens is 2. The van der Waals surface area contributed by atoms with Gasteiger partial charge in [-0.05, 0) is 31.7 Å². The second kappa shape index (κ2) is 7.70. The average molecular weight is 342 g/mol. The zero-order valence-corrected chi connectivity index (χ0v) is 14.9. The Bertz CT molecular complexity index is 713. The molecule has 2 aromatic rings. The molecule has 0 spiro atoms. The minimum atomic E-state index is -0.205. The van der Waals surface area contributed by atoms with E-state index in [4.69, 9.17) is 0 Å². The molecular weight excluding hydrogens is 316 g/mol. The Hall–Kier alpha value is -2.34. The monoisotopic (exact) mass is 342 g/mol. The van der Waals surface area contributed by atoms with Crippen LogP contribution in [0.25, 0.3) is 0 Å². The molecule has 1 heterocycles. The number of nitrogens with zero attached hydrogens (tertiary/aromatic N) is 3. The first-order chi connectivity index (χ1) is 12.1. The van der Waals surface area contributed by atoms with Crippen LogP contribution in [0.3, 0.4) is 0 Å². The summed E-state index contributed by atoms with van der Waals surface area (Å²) in [6.07, 6.45) is 4.81. The van der Waals surface area contributed by atoms with Crippen LogP contribution in [0.1, 0.15) is 42.6 Å². The fraction of sp³-hybridized carbons (Fsp3) is 0.474. The van der Waals surface area contributed by atoms with E-state index in [1.165, 1.54) is 11.3 Å². The van der Waals surface area contributed by atoms with E-state index < -0.39 is 0 Å². The van der Waals surface area contributed by atoms with E-state index in [-0.39, 0.29) is 24.7 Å². The third-order valence-corrected chi connectivity index (χ3v) is 4.98. The molecule has 1 aliphatic rings. The van der Waals surface area contributed by atoms with E-state index in [9.17, 15) is 9.90 Å². The fourth-order valence-electron chi connectivity index (χ4n) is 3.23. The van der Waals surface area contributed by atoms with Crippen LogP contribution in [-0.2, 0) is 13.0 Å². The van der Waals surface area contributed by atoms with E-state index in [1.807, 2.05) is 36.0 Å². The lowest BCUT2D eigenvalue weighted by Crippen LogP contribution is -2.45. The highest BCUT2D eigenvalue weighted by molar-refractivity contribution is 5.74. The zero-order valence-electron chi connectivity index (χ0n) is 14.9.